The number of nitrogens with one attached hydrogen (secondary N) is 2. The second kappa shape index (κ2) is 15.0. The highest BCUT2D eigenvalue weighted by Crippen LogP contribution is 1.98. The summed E-state index contributed by atoms with van der Waals surface area (Å²) in [5.41, 5.74) is 0. The van der Waals surface area contributed by atoms with E-state index in [4.69, 9.17) is 0 Å². The topological polar surface area (TPSA) is 58.2 Å². The van der Waals surface area contributed by atoms with Crippen molar-refractivity contribution < 1.29 is 12.4 Å². The molecule has 2 N–H and O–H groups in total. The monoisotopic (exact) mass is 276 g/mol. The Morgan fingerprint density at radius 2 is 1.37 bits per heavy atom. The lowest BCUT2D eigenvalue weighted by molar-refractivity contribution is -0.124. The number of carbonyl (C=O) groups excluding carboxylic acids is 2. The number of amides is 2. The summed E-state index contributed by atoms with van der Waals surface area (Å²) in [6.45, 7) is 11.1. The maximum absolute atomic E-state index is 11.2. The first-order valence-corrected chi connectivity index (χ1v) is 7.47. The maximum atomic E-state index is 11.2. The lowest BCUT2D eigenvalue weighted by Gasteiger charge is -2.07. The van der Waals surface area contributed by atoms with Gasteiger partial charge in [0.1, 0.15) is 0 Å². The number of unbranched alkanes of at least 4 members (excludes halogenated alkanes) is 3. The molecule has 4 heteroatoms. The van der Waals surface area contributed by atoms with Gasteiger partial charge in [-0.1, -0.05) is 47.0 Å². The molecule has 0 unspecified atom stereocenters. The van der Waals surface area contributed by atoms with Gasteiger partial charge in [0.25, 0.3) is 0 Å². The zero-order chi connectivity index (χ0) is 15.1. The van der Waals surface area contributed by atoms with Gasteiger partial charge >= 0.3 is 0 Å². The molecule has 118 valence electrons. The summed E-state index contributed by atoms with van der Waals surface area (Å²) >= 11 is 0. The molecule has 0 aromatic carbocycles. The van der Waals surface area contributed by atoms with E-state index in [-0.39, 0.29) is 20.6 Å². The summed E-state index contributed by atoms with van der Waals surface area (Å²) in [7, 11) is 0. The number of carbonyl (C=O) groups is 2. The van der Waals surface area contributed by atoms with Crippen LogP contribution in [0.25, 0.3) is 0 Å². The van der Waals surface area contributed by atoms with E-state index in [2.05, 4.69) is 24.5 Å². The van der Waals surface area contributed by atoms with Crippen molar-refractivity contribution in [2.75, 3.05) is 13.1 Å². The second-order valence-corrected chi connectivity index (χ2v) is 5.05. The van der Waals surface area contributed by atoms with E-state index < -0.39 is 0 Å². The van der Waals surface area contributed by atoms with E-state index in [1.807, 2.05) is 13.8 Å². The fraction of sp³-hybridized carbons (Fsp3) is 0.867. The fourth-order valence-corrected chi connectivity index (χ4v) is 1.28. The van der Waals surface area contributed by atoms with Crippen LogP contribution in [0.1, 0.15) is 69.6 Å². The van der Waals surface area contributed by atoms with Crippen LogP contribution in [-0.2, 0) is 9.59 Å². The molecule has 0 aliphatic carbocycles. The summed E-state index contributed by atoms with van der Waals surface area (Å²) in [6.07, 6.45) is 5.46. The van der Waals surface area contributed by atoms with Crippen LogP contribution >= 0.6 is 0 Å². The van der Waals surface area contributed by atoms with Gasteiger partial charge in [0.15, 0.2) is 0 Å². The molecule has 0 saturated carbocycles. The fourth-order valence-electron chi connectivity index (χ4n) is 1.28. The molecule has 0 saturated heterocycles. The summed E-state index contributed by atoms with van der Waals surface area (Å²) in [5, 5.41) is 5.64. The molecule has 0 aliphatic rings. The normalized spacial score (nSPS) is 9.58. The number of rotatable bonds is 8. The summed E-state index contributed by atoms with van der Waals surface area (Å²) in [4.78, 5) is 21.8. The molecule has 0 bridgehead atoms. The second-order valence-electron chi connectivity index (χ2n) is 5.05. The third kappa shape index (κ3) is 19.5. The van der Waals surface area contributed by atoms with Crippen LogP contribution in [-0.4, -0.2) is 24.9 Å². The predicted molar refractivity (Wildman–Crippen MR) is 85.2 cm³/mol. The minimum absolute atomic E-state index is 0. The van der Waals surface area contributed by atoms with Crippen molar-refractivity contribution in [1.29, 1.82) is 0 Å². The van der Waals surface area contributed by atoms with E-state index in [1.165, 1.54) is 13.3 Å². The minimum atomic E-state index is 0. The van der Waals surface area contributed by atoms with Crippen LogP contribution in [0.2, 0.25) is 0 Å². The summed E-state index contributed by atoms with van der Waals surface area (Å²) in [5.74, 6) is 0.224. The molecule has 0 rings (SSSR count). The van der Waals surface area contributed by atoms with Crippen molar-refractivity contribution in [3.05, 3.63) is 0 Å². The molecule has 19 heavy (non-hydrogen) atoms. The van der Waals surface area contributed by atoms with E-state index >= 15 is 0 Å². The van der Waals surface area contributed by atoms with Crippen LogP contribution in [0.4, 0.5) is 0 Å². The van der Waals surface area contributed by atoms with Crippen LogP contribution < -0.4 is 10.6 Å². The Balaban J connectivity index is -0.000000264. The Morgan fingerprint density at radius 1 is 0.947 bits per heavy atom. The van der Waals surface area contributed by atoms with Gasteiger partial charge in [0, 0.05) is 28.8 Å². The number of hydrogen-bond donors (Lipinski definition) is 2. The Labute approximate surface area is 121 Å². The van der Waals surface area contributed by atoms with Crippen LogP contribution in [0.15, 0.2) is 0 Å². The third-order valence-electron chi connectivity index (χ3n) is 2.30. The van der Waals surface area contributed by atoms with Crippen molar-refractivity contribution in [2.45, 2.75) is 66.7 Å². The molecule has 0 aliphatic heterocycles. The first-order chi connectivity index (χ1) is 8.95. The van der Waals surface area contributed by atoms with Crippen LogP contribution in [0, 0.1) is 5.92 Å². The number of hydrogen-bond acceptors (Lipinski definition) is 2. The molecule has 4 nitrogen and oxygen atoms in total. The first kappa shape index (κ1) is 20.3. The van der Waals surface area contributed by atoms with Gasteiger partial charge in [0.2, 0.25) is 11.8 Å². The Kier molecular flexibility index (Phi) is 16.0. The molecule has 0 heterocycles. The van der Waals surface area contributed by atoms with Gasteiger partial charge in [-0.3, -0.25) is 9.59 Å². The molecule has 0 fully saturated rings. The minimum Gasteiger partial charge on any atom is -0.356 e. The van der Waals surface area contributed by atoms with Crippen molar-refractivity contribution in [3.8, 4) is 0 Å². The largest absolute Gasteiger partial charge is 0.356 e. The molecular formula is C15H36N2O2. The quantitative estimate of drug-likeness (QED) is 0.668. The summed E-state index contributed by atoms with van der Waals surface area (Å²) < 4.78 is 0. The first-order valence-electron chi connectivity index (χ1n) is 7.47. The Bertz CT molecular complexity index is 238. The zero-order valence-electron chi connectivity index (χ0n) is 13.3. The lowest BCUT2D eigenvalue weighted by atomic mass is 10.1. The van der Waals surface area contributed by atoms with E-state index in [9.17, 15) is 9.59 Å². The highest BCUT2D eigenvalue weighted by atomic mass is 16.2. The van der Waals surface area contributed by atoms with E-state index in [0.29, 0.717) is 0 Å². The molecular weight excluding hydrogens is 240 g/mol. The van der Waals surface area contributed by atoms with Crippen molar-refractivity contribution >= 4 is 11.8 Å². The van der Waals surface area contributed by atoms with Crippen molar-refractivity contribution in [1.82, 2.24) is 10.6 Å². The molecule has 2 amide bonds. The smallest absolute Gasteiger partial charge is 0.222 e. The molecule has 0 radical (unpaired) electrons. The van der Waals surface area contributed by atoms with Crippen LogP contribution in [0.3, 0.4) is 0 Å². The average Bonchev–Trinajstić information content (AvgIpc) is 2.32. The molecule has 0 aromatic heterocycles. The van der Waals surface area contributed by atoms with E-state index in [0.717, 1.165) is 38.8 Å². The molecule has 0 atom stereocenters. The van der Waals surface area contributed by atoms with Gasteiger partial charge < -0.3 is 10.6 Å². The predicted octanol–water partition coefficient (Wildman–Crippen LogP) is 3.36. The zero-order valence-corrected chi connectivity index (χ0v) is 13.3. The maximum Gasteiger partial charge on any atom is 0.222 e. The highest BCUT2D eigenvalue weighted by molar-refractivity contribution is 5.77. The van der Waals surface area contributed by atoms with Gasteiger partial charge in [-0.25, -0.2) is 0 Å². The lowest BCUT2D eigenvalue weighted by Crippen LogP contribution is -2.28. The third-order valence-corrected chi connectivity index (χ3v) is 2.30. The van der Waals surface area contributed by atoms with E-state index in [1.54, 1.807) is 0 Å². The van der Waals surface area contributed by atoms with Gasteiger partial charge in [-0.2, -0.15) is 0 Å². The SMILES string of the molecule is CC(=O)NCCCCCCNC(=O)C(C)C.CCC.[HH].[HH]. The Morgan fingerprint density at radius 3 is 1.74 bits per heavy atom. The standard InChI is InChI=1S/C12H24N2O2.C3H8.2H2/c1-10(2)12(16)14-9-7-5-4-6-8-13-11(3)15;1-3-2;;/h10H,4-9H2,1-3H3,(H,13,15)(H,14,16);3H2,1-2H3;2*1H. The highest BCUT2D eigenvalue weighted by Gasteiger charge is 2.04. The van der Waals surface area contributed by atoms with Crippen molar-refractivity contribution in [3.63, 3.8) is 0 Å². The van der Waals surface area contributed by atoms with Crippen LogP contribution in [0.5, 0.6) is 0 Å². The van der Waals surface area contributed by atoms with Crippen molar-refractivity contribution in [2.24, 2.45) is 5.92 Å². The molecule has 0 spiro atoms. The average molecular weight is 276 g/mol. The Hall–Kier alpha value is -1.06. The summed E-state index contributed by atoms with van der Waals surface area (Å²) in [6, 6.07) is 0. The molecule has 0 aromatic rings. The van der Waals surface area contributed by atoms with Gasteiger partial charge in [-0.05, 0) is 12.8 Å². The van der Waals surface area contributed by atoms with Gasteiger partial charge in [-0.15, -0.1) is 0 Å². The van der Waals surface area contributed by atoms with Gasteiger partial charge in [0.05, 0.1) is 0 Å².